The number of sulfonamides is 1. The van der Waals surface area contributed by atoms with Crippen LogP contribution in [0.1, 0.15) is 40.5 Å². The molecule has 0 radical (unpaired) electrons. The van der Waals surface area contributed by atoms with Gasteiger partial charge in [-0.05, 0) is 40.5 Å². The lowest BCUT2D eigenvalue weighted by Gasteiger charge is -2.30. The van der Waals surface area contributed by atoms with Gasteiger partial charge in [0, 0.05) is 24.5 Å². The Morgan fingerprint density at radius 3 is 2.09 bits per heavy atom. The van der Waals surface area contributed by atoms with Gasteiger partial charge in [-0.2, -0.15) is 0 Å². The summed E-state index contributed by atoms with van der Waals surface area (Å²) in [5.74, 6) is -0.665. The van der Waals surface area contributed by atoms with E-state index >= 15 is 0 Å². The third kappa shape index (κ3) is 5.92. The average Bonchev–Trinajstić information content (AvgIpc) is 2.35. The molecule has 22 heavy (non-hydrogen) atoms. The van der Waals surface area contributed by atoms with Gasteiger partial charge >= 0.3 is 0 Å². The summed E-state index contributed by atoms with van der Waals surface area (Å²) in [6.45, 7) is 7.96. The maximum atomic E-state index is 12.2. The van der Waals surface area contributed by atoms with Crippen LogP contribution in [0.3, 0.4) is 0 Å². The van der Waals surface area contributed by atoms with Crippen molar-refractivity contribution >= 4 is 21.8 Å². The first-order chi connectivity index (χ1) is 9.90. The van der Waals surface area contributed by atoms with E-state index < -0.39 is 16.1 Å². The van der Waals surface area contributed by atoms with Crippen molar-refractivity contribution in [3.05, 3.63) is 0 Å². The van der Waals surface area contributed by atoms with Gasteiger partial charge in [0.05, 0.1) is 6.26 Å². The zero-order valence-corrected chi connectivity index (χ0v) is 14.8. The van der Waals surface area contributed by atoms with Gasteiger partial charge in [0.15, 0.2) is 0 Å². The topological polar surface area (TPSA) is 95.6 Å². The number of nitrogens with one attached hydrogen (secondary N) is 2. The molecule has 2 N–H and O–H groups in total. The minimum absolute atomic E-state index is 0.190. The molecule has 0 aliphatic carbocycles. The highest BCUT2D eigenvalue weighted by molar-refractivity contribution is 7.88. The lowest BCUT2D eigenvalue weighted by molar-refractivity contribution is -0.132. The second-order valence-corrected chi connectivity index (χ2v) is 8.89. The Morgan fingerprint density at radius 2 is 1.68 bits per heavy atom. The van der Waals surface area contributed by atoms with Crippen LogP contribution in [-0.2, 0) is 19.6 Å². The molecular weight excluding hydrogens is 306 g/mol. The second-order valence-electron chi connectivity index (χ2n) is 6.91. The van der Waals surface area contributed by atoms with Crippen LogP contribution in [0.5, 0.6) is 0 Å². The molecule has 128 valence electrons. The SMILES string of the molecule is CC(NC(=O)C1CCN(S(C)(=O)=O)CC1)C(=O)NC(C)(C)C. The molecule has 1 unspecified atom stereocenters. The van der Waals surface area contributed by atoms with Crippen LogP contribution in [0.15, 0.2) is 0 Å². The monoisotopic (exact) mass is 333 g/mol. The van der Waals surface area contributed by atoms with Crippen LogP contribution in [0.2, 0.25) is 0 Å². The molecule has 0 saturated carbocycles. The number of carbonyl (C=O) groups is 2. The molecule has 0 aromatic rings. The van der Waals surface area contributed by atoms with Gasteiger partial charge in [0.25, 0.3) is 0 Å². The first-order valence-corrected chi connectivity index (χ1v) is 9.32. The Kier molecular flexibility index (Phi) is 5.97. The number of nitrogens with zero attached hydrogens (tertiary/aromatic N) is 1. The largest absolute Gasteiger partial charge is 0.350 e. The molecule has 1 atom stereocenters. The minimum atomic E-state index is -3.19. The normalized spacial score (nSPS) is 19.5. The van der Waals surface area contributed by atoms with Crippen molar-refractivity contribution in [3.63, 3.8) is 0 Å². The van der Waals surface area contributed by atoms with Crippen LogP contribution in [0.25, 0.3) is 0 Å². The van der Waals surface area contributed by atoms with Crippen LogP contribution in [0.4, 0.5) is 0 Å². The highest BCUT2D eigenvalue weighted by Crippen LogP contribution is 2.19. The number of carbonyl (C=O) groups excluding carboxylic acids is 2. The summed E-state index contributed by atoms with van der Waals surface area (Å²) in [6.07, 6.45) is 2.13. The first kappa shape index (κ1) is 18.9. The standard InChI is InChI=1S/C14H27N3O4S/c1-10(12(18)16-14(2,3)4)15-13(19)11-6-8-17(9-7-11)22(5,20)21/h10-11H,6-9H2,1-5H3,(H,15,19)(H,16,18). The molecule has 1 aliphatic heterocycles. The Labute approximate surface area is 132 Å². The predicted molar refractivity (Wildman–Crippen MR) is 84.6 cm³/mol. The zero-order valence-electron chi connectivity index (χ0n) is 14.0. The number of piperidine rings is 1. The Balaban J connectivity index is 2.48. The van der Waals surface area contributed by atoms with Crippen molar-refractivity contribution in [2.75, 3.05) is 19.3 Å². The lowest BCUT2D eigenvalue weighted by Crippen LogP contribution is -2.52. The molecule has 0 bridgehead atoms. The summed E-state index contributed by atoms with van der Waals surface area (Å²) >= 11 is 0. The Bertz CT molecular complexity index is 517. The van der Waals surface area contributed by atoms with Crippen molar-refractivity contribution < 1.29 is 18.0 Å². The summed E-state index contributed by atoms with van der Waals surface area (Å²) in [5, 5.41) is 5.52. The van der Waals surface area contributed by atoms with E-state index in [2.05, 4.69) is 10.6 Å². The van der Waals surface area contributed by atoms with Gasteiger partial charge in [-0.3, -0.25) is 9.59 Å². The van der Waals surface area contributed by atoms with E-state index in [0.29, 0.717) is 25.9 Å². The van der Waals surface area contributed by atoms with Gasteiger partial charge in [0.2, 0.25) is 21.8 Å². The van der Waals surface area contributed by atoms with Crippen molar-refractivity contribution in [3.8, 4) is 0 Å². The van der Waals surface area contributed by atoms with Crippen LogP contribution in [0, 0.1) is 5.92 Å². The fourth-order valence-electron chi connectivity index (χ4n) is 2.32. The number of hydrogen-bond donors (Lipinski definition) is 2. The van der Waals surface area contributed by atoms with Gasteiger partial charge in [-0.1, -0.05) is 0 Å². The maximum Gasteiger partial charge on any atom is 0.242 e. The average molecular weight is 333 g/mol. The molecular formula is C14H27N3O4S. The van der Waals surface area contributed by atoms with Crippen LogP contribution in [-0.4, -0.2) is 55.5 Å². The summed E-state index contributed by atoms with van der Waals surface area (Å²) in [6, 6.07) is -0.611. The highest BCUT2D eigenvalue weighted by Gasteiger charge is 2.30. The molecule has 1 saturated heterocycles. The Hall–Kier alpha value is -1.15. The third-order valence-electron chi connectivity index (χ3n) is 3.54. The van der Waals surface area contributed by atoms with E-state index in [1.54, 1.807) is 6.92 Å². The van der Waals surface area contributed by atoms with Crippen LogP contribution >= 0.6 is 0 Å². The van der Waals surface area contributed by atoms with Crippen molar-refractivity contribution in [1.29, 1.82) is 0 Å². The van der Waals surface area contributed by atoms with E-state index in [9.17, 15) is 18.0 Å². The molecule has 1 fully saturated rings. The van der Waals surface area contributed by atoms with Gasteiger partial charge < -0.3 is 10.6 Å². The highest BCUT2D eigenvalue weighted by atomic mass is 32.2. The summed E-state index contributed by atoms with van der Waals surface area (Å²) in [7, 11) is -3.19. The molecule has 7 nitrogen and oxygen atoms in total. The van der Waals surface area contributed by atoms with E-state index in [1.165, 1.54) is 10.6 Å². The van der Waals surface area contributed by atoms with E-state index in [0.717, 1.165) is 0 Å². The quantitative estimate of drug-likeness (QED) is 0.761. The van der Waals surface area contributed by atoms with E-state index in [1.807, 2.05) is 20.8 Å². The fourth-order valence-corrected chi connectivity index (χ4v) is 3.20. The molecule has 2 amide bonds. The summed E-state index contributed by atoms with van der Waals surface area (Å²) in [5.41, 5.74) is -0.350. The third-order valence-corrected chi connectivity index (χ3v) is 4.85. The molecule has 1 heterocycles. The van der Waals surface area contributed by atoms with E-state index in [-0.39, 0.29) is 23.3 Å². The first-order valence-electron chi connectivity index (χ1n) is 7.47. The summed E-state index contributed by atoms with van der Waals surface area (Å²) in [4.78, 5) is 24.1. The molecule has 0 aromatic heterocycles. The molecule has 0 spiro atoms. The number of amides is 2. The smallest absolute Gasteiger partial charge is 0.242 e. The van der Waals surface area contributed by atoms with Gasteiger partial charge in [0.1, 0.15) is 6.04 Å². The Morgan fingerprint density at radius 1 is 1.18 bits per heavy atom. The number of rotatable bonds is 4. The molecule has 1 aliphatic rings. The molecule has 0 aromatic carbocycles. The van der Waals surface area contributed by atoms with Gasteiger partial charge in [-0.15, -0.1) is 0 Å². The van der Waals surface area contributed by atoms with E-state index in [4.69, 9.17) is 0 Å². The molecule has 8 heteroatoms. The van der Waals surface area contributed by atoms with Crippen LogP contribution < -0.4 is 10.6 Å². The fraction of sp³-hybridized carbons (Fsp3) is 0.857. The lowest BCUT2D eigenvalue weighted by atomic mass is 9.97. The predicted octanol–water partition coefficient (Wildman–Crippen LogP) is 0.0774. The van der Waals surface area contributed by atoms with Crippen molar-refractivity contribution in [2.24, 2.45) is 5.92 Å². The van der Waals surface area contributed by atoms with Crippen molar-refractivity contribution in [2.45, 2.75) is 52.1 Å². The number of hydrogen-bond acceptors (Lipinski definition) is 4. The second kappa shape index (κ2) is 6.95. The summed E-state index contributed by atoms with van der Waals surface area (Å²) < 4.78 is 24.3. The minimum Gasteiger partial charge on any atom is -0.350 e. The van der Waals surface area contributed by atoms with Crippen molar-refractivity contribution in [1.82, 2.24) is 14.9 Å². The maximum absolute atomic E-state index is 12.2. The zero-order chi connectivity index (χ0) is 17.1. The van der Waals surface area contributed by atoms with Gasteiger partial charge in [-0.25, -0.2) is 12.7 Å². The molecule has 1 rings (SSSR count).